The third kappa shape index (κ3) is 3.75. The van der Waals surface area contributed by atoms with Gasteiger partial charge in [-0.3, -0.25) is 4.99 Å². The van der Waals surface area contributed by atoms with Gasteiger partial charge in [-0.15, -0.1) is 0 Å². The average molecular weight is 405 g/mol. The van der Waals surface area contributed by atoms with Crippen molar-refractivity contribution in [3.8, 4) is 0 Å². The van der Waals surface area contributed by atoms with Crippen molar-refractivity contribution >= 4 is 32.5 Å². The van der Waals surface area contributed by atoms with Gasteiger partial charge in [0.2, 0.25) is 0 Å². The molecule has 2 aromatic carbocycles. The number of halogens is 1. The van der Waals surface area contributed by atoms with Gasteiger partial charge in [0.1, 0.15) is 5.82 Å². The van der Waals surface area contributed by atoms with Gasteiger partial charge in [0.15, 0.2) is 15.0 Å². The summed E-state index contributed by atoms with van der Waals surface area (Å²) in [7, 11) is -3.06. The van der Waals surface area contributed by atoms with Crippen LogP contribution in [-0.4, -0.2) is 37.2 Å². The molecule has 0 spiro atoms. The largest absolute Gasteiger partial charge is 0.315 e. The fourth-order valence-electron chi connectivity index (χ4n) is 3.54. The standard InChI is InChI=1S/C20H21FN2O2S2/c1-13-3-8-17(9-14(13)2)23-19-12-27(24,25)11-18(19)22-20(23)26-10-15-4-6-16(21)7-5-15/h3-9,18-19H,10-12H2,1-2H3. The number of benzene rings is 2. The second-order valence-electron chi connectivity index (χ2n) is 7.18. The number of aryl methyl sites for hydroxylation is 2. The molecule has 2 heterocycles. The number of anilines is 1. The summed E-state index contributed by atoms with van der Waals surface area (Å²) in [4.78, 5) is 6.82. The van der Waals surface area contributed by atoms with Crippen molar-refractivity contribution in [3.05, 3.63) is 65.0 Å². The zero-order chi connectivity index (χ0) is 19.2. The molecule has 142 valence electrons. The number of amidine groups is 1. The molecule has 2 unspecified atom stereocenters. The Labute approximate surface area is 163 Å². The maximum atomic E-state index is 13.1. The number of nitrogens with zero attached hydrogens (tertiary/aromatic N) is 2. The quantitative estimate of drug-likeness (QED) is 0.782. The van der Waals surface area contributed by atoms with Gasteiger partial charge >= 0.3 is 0 Å². The molecule has 0 radical (unpaired) electrons. The van der Waals surface area contributed by atoms with Gasteiger partial charge in [0, 0.05) is 11.4 Å². The van der Waals surface area contributed by atoms with Crippen LogP contribution in [-0.2, 0) is 15.6 Å². The zero-order valence-electron chi connectivity index (χ0n) is 15.2. The van der Waals surface area contributed by atoms with Crippen molar-refractivity contribution < 1.29 is 12.8 Å². The third-order valence-corrected chi connectivity index (χ3v) is 7.89. The SMILES string of the molecule is Cc1ccc(N2C(SCc3ccc(F)cc3)=NC3CS(=O)(=O)CC32)cc1C. The van der Waals surface area contributed by atoms with Crippen molar-refractivity contribution in [1.82, 2.24) is 0 Å². The van der Waals surface area contributed by atoms with Gasteiger partial charge in [0.25, 0.3) is 0 Å². The molecule has 4 rings (SSSR count). The zero-order valence-corrected chi connectivity index (χ0v) is 16.9. The van der Waals surface area contributed by atoms with E-state index >= 15 is 0 Å². The Morgan fingerprint density at radius 3 is 2.56 bits per heavy atom. The molecule has 4 nitrogen and oxygen atoms in total. The molecular weight excluding hydrogens is 383 g/mol. The molecule has 0 saturated carbocycles. The Hall–Kier alpha value is -1.86. The summed E-state index contributed by atoms with van der Waals surface area (Å²) in [6, 6.07) is 12.3. The topological polar surface area (TPSA) is 49.7 Å². The average Bonchev–Trinajstić information content (AvgIpc) is 3.08. The predicted octanol–water partition coefficient (Wildman–Crippen LogP) is 3.72. The molecule has 7 heteroatoms. The molecule has 2 atom stereocenters. The Morgan fingerprint density at radius 1 is 1.11 bits per heavy atom. The van der Waals surface area contributed by atoms with Crippen LogP contribution in [0.4, 0.5) is 10.1 Å². The lowest BCUT2D eigenvalue weighted by atomic mass is 10.1. The molecule has 2 aliphatic rings. The summed E-state index contributed by atoms with van der Waals surface area (Å²) >= 11 is 1.57. The summed E-state index contributed by atoms with van der Waals surface area (Å²) in [6.07, 6.45) is 0. The van der Waals surface area contributed by atoms with Crippen molar-refractivity contribution in [3.63, 3.8) is 0 Å². The Kier molecular flexibility index (Phi) is 4.76. The van der Waals surface area contributed by atoms with E-state index in [1.54, 1.807) is 23.9 Å². The highest BCUT2D eigenvalue weighted by atomic mass is 32.2. The van der Waals surface area contributed by atoms with Gasteiger partial charge < -0.3 is 4.90 Å². The number of rotatable bonds is 3. The van der Waals surface area contributed by atoms with E-state index in [1.165, 1.54) is 23.3 Å². The first-order valence-corrected chi connectivity index (χ1v) is 11.6. The van der Waals surface area contributed by atoms with Crippen LogP contribution in [0.2, 0.25) is 0 Å². The minimum Gasteiger partial charge on any atom is -0.315 e. The maximum Gasteiger partial charge on any atom is 0.164 e. The normalized spacial score (nSPS) is 23.4. The Morgan fingerprint density at radius 2 is 1.85 bits per heavy atom. The van der Waals surface area contributed by atoms with Crippen LogP contribution >= 0.6 is 11.8 Å². The maximum absolute atomic E-state index is 13.1. The number of hydrogen-bond acceptors (Lipinski definition) is 5. The highest BCUT2D eigenvalue weighted by molar-refractivity contribution is 8.13. The molecule has 0 aliphatic carbocycles. The predicted molar refractivity (Wildman–Crippen MR) is 110 cm³/mol. The highest BCUT2D eigenvalue weighted by Gasteiger charge is 2.47. The molecule has 27 heavy (non-hydrogen) atoms. The second-order valence-corrected chi connectivity index (χ2v) is 10.3. The summed E-state index contributed by atoms with van der Waals surface area (Å²) in [6.45, 7) is 4.12. The highest BCUT2D eigenvalue weighted by Crippen LogP contribution is 2.36. The van der Waals surface area contributed by atoms with Gasteiger partial charge in [-0.1, -0.05) is 30.0 Å². The van der Waals surface area contributed by atoms with Crippen molar-refractivity contribution in [1.29, 1.82) is 0 Å². The number of fused-ring (bicyclic) bond motifs is 1. The molecule has 1 fully saturated rings. The fraction of sp³-hybridized carbons (Fsp3) is 0.350. The number of thioether (sulfide) groups is 1. The van der Waals surface area contributed by atoms with Crippen LogP contribution in [0.25, 0.3) is 0 Å². The van der Waals surface area contributed by atoms with E-state index in [9.17, 15) is 12.8 Å². The molecule has 0 amide bonds. The van der Waals surface area contributed by atoms with E-state index in [2.05, 4.69) is 30.9 Å². The second kappa shape index (κ2) is 6.95. The van der Waals surface area contributed by atoms with E-state index in [4.69, 9.17) is 4.99 Å². The Balaban J connectivity index is 1.63. The smallest absolute Gasteiger partial charge is 0.164 e. The van der Waals surface area contributed by atoms with E-state index in [0.29, 0.717) is 5.75 Å². The summed E-state index contributed by atoms with van der Waals surface area (Å²) in [5.41, 5.74) is 4.35. The first kappa shape index (κ1) is 18.5. The first-order valence-electron chi connectivity index (χ1n) is 8.84. The molecular formula is C20H21FN2O2S2. The van der Waals surface area contributed by atoms with Gasteiger partial charge in [-0.25, -0.2) is 12.8 Å². The lowest BCUT2D eigenvalue weighted by molar-refractivity contribution is 0.601. The summed E-state index contributed by atoms with van der Waals surface area (Å²) in [5, 5.41) is 0.840. The third-order valence-electron chi connectivity index (χ3n) is 5.16. The van der Waals surface area contributed by atoms with Crippen LogP contribution in [0.3, 0.4) is 0 Å². The van der Waals surface area contributed by atoms with E-state index in [0.717, 1.165) is 16.4 Å². The number of hydrogen-bond donors (Lipinski definition) is 0. The van der Waals surface area contributed by atoms with Crippen LogP contribution < -0.4 is 4.90 Å². The van der Waals surface area contributed by atoms with Crippen LogP contribution in [0.15, 0.2) is 47.5 Å². The Bertz CT molecular complexity index is 1000. The van der Waals surface area contributed by atoms with Crippen LogP contribution in [0.5, 0.6) is 0 Å². The summed E-state index contributed by atoms with van der Waals surface area (Å²) in [5.74, 6) is 0.652. The molecule has 0 N–H and O–H groups in total. The fourth-order valence-corrected chi connectivity index (χ4v) is 6.46. The van der Waals surface area contributed by atoms with Gasteiger partial charge in [-0.2, -0.15) is 0 Å². The molecule has 0 bridgehead atoms. The number of aliphatic imine (C=N–C) groups is 1. The van der Waals surface area contributed by atoms with Gasteiger partial charge in [0.05, 0.1) is 23.6 Å². The molecule has 2 aliphatic heterocycles. The molecule has 1 saturated heterocycles. The summed E-state index contributed by atoms with van der Waals surface area (Å²) < 4.78 is 37.4. The minimum absolute atomic E-state index is 0.111. The van der Waals surface area contributed by atoms with Gasteiger partial charge in [-0.05, 0) is 54.8 Å². The monoisotopic (exact) mass is 404 g/mol. The van der Waals surface area contributed by atoms with Crippen molar-refractivity contribution in [2.24, 2.45) is 4.99 Å². The lowest BCUT2D eigenvalue weighted by Crippen LogP contribution is -2.39. The molecule has 2 aromatic rings. The van der Waals surface area contributed by atoms with E-state index in [-0.39, 0.29) is 29.4 Å². The molecule has 0 aromatic heterocycles. The minimum atomic E-state index is -3.06. The van der Waals surface area contributed by atoms with Crippen molar-refractivity contribution in [2.45, 2.75) is 31.7 Å². The van der Waals surface area contributed by atoms with Crippen LogP contribution in [0.1, 0.15) is 16.7 Å². The number of sulfone groups is 1. The van der Waals surface area contributed by atoms with Crippen molar-refractivity contribution in [2.75, 3.05) is 16.4 Å². The first-order chi connectivity index (χ1) is 12.8. The van der Waals surface area contributed by atoms with E-state index in [1.807, 2.05) is 6.07 Å². The lowest BCUT2D eigenvalue weighted by Gasteiger charge is -2.27. The van der Waals surface area contributed by atoms with E-state index < -0.39 is 9.84 Å². The van der Waals surface area contributed by atoms with Crippen LogP contribution in [0, 0.1) is 19.7 Å².